The summed E-state index contributed by atoms with van der Waals surface area (Å²) in [6.45, 7) is 8.31. The Morgan fingerprint density at radius 2 is 2.00 bits per heavy atom. The molecule has 1 aromatic carbocycles. The first-order valence-electron chi connectivity index (χ1n) is 7.47. The first kappa shape index (κ1) is 15.6. The van der Waals surface area contributed by atoms with Crippen molar-refractivity contribution in [2.24, 2.45) is 0 Å². The average molecular weight is 288 g/mol. The summed E-state index contributed by atoms with van der Waals surface area (Å²) in [6, 6.07) is 7.71. The first-order valence-corrected chi connectivity index (χ1v) is 7.47. The number of hydrogen-bond acceptors (Lipinski definition) is 3. The molecule has 0 aliphatic carbocycles. The van der Waals surface area contributed by atoms with Gasteiger partial charge < -0.3 is 9.64 Å². The number of ether oxygens (including phenoxy) is 1. The van der Waals surface area contributed by atoms with Gasteiger partial charge in [-0.25, -0.2) is 0 Å². The fourth-order valence-corrected chi connectivity index (χ4v) is 2.62. The number of carbonyl (C=O) groups excluding carboxylic acids is 1. The molecule has 0 atom stereocenters. The second-order valence-electron chi connectivity index (χ2n) is 5.35. The maximum Gasteiger partial charge on any atom is 0.227 e. The molecule has 1 aliphatic heterocycles. The Morgan fingerprint density at radius 3 is 2.67 bits per heavy atom. The van der Waals surface area contributed by atoms with Crippen LogP contribution in [0.1, 0.15) is 12.0 Å². The van der Waals surface area contributed by atoms with Crippen LogP contribution in [0.3, 0.4) is 0 Å². The molecule has 1 saturated heterocycles. The van der Waals surface area contributed by atoms with Gasteiger partial charge in [-0.1, -0.05) is 18.2 Å². The number of hydrogen-bond donors (Lipinski definition) is 0. The van der Waals surface area contributed by atoms with Crippen molar-refractivity contribution in [3.8, 4) is 5.75 Å². The van der Waals surface area contributed by atoms with E-state index in [-0.39, 0.29) is 5.91 Å². The van der Waals surface area contributed by atoms with Crippen molar-refractivity contribution in [2.75, 3.05) is 39.8 Å². The van der Waals surface area contributed by atoms with E-state index < -0.39 is 0 Å². The fourth-order valence-electron chi connectivity index (χ4n) is 2.62. The number of nitrogens with zero attached hydrogens (tertiary/aromatic N) is 2. The predicted molar refractivity (Wildman–Crippen MR) is 84.5 cm³/mol. The van der Waals surface area contributed by atoms with E-state index in [2.05, 4.69) is 11.5 Å². The van der Waals surface area contributed by atoms with Crippen LogP contribution in [-0.4, -0.2) is 55.5 Å². The summed E-state index contributed by atoms with van der Waals surface area (Å²) >= 11 is 0. The summed E-state index contributed by atoms with van der Waals surface area (Å²) in [5, 5.41) is 0. The van der Waals surface area contributed by atoms with E-state index in [0.717, 1.165) is 50.5 Å². The maximum absolute atomic E-state index is 12.4. The summed E-state index contributed by atoms with van der Waals surface area (Å²) in [5.74, 6) is 1.03. The van der Waals surface area contributed by atoms with Crippen molar-refractivity contribution in [1.29, 1.82) is 0 Å². The molecule has 0 saturated carbocycles. The molecule has 1 aromatic rings. The summed E-state index contributed by atoms with van der Waals surface area (Å²) in [6.07, 6.45) is 3.42. The molecule has 21 heavy (non-hydrogen) atoms. The van der Waals surface area contributed by atoms with Crippen LogP contribution < -0.4 is 4.74 Å². The molecule has 1 aliphatic rings. The molecule has 0 N–H and O–H groups in total. The van der Waals surface area contributed by atoms with Gasteiger partial charge >= 0.3 is 0 Å². The molecule has 0 radical (unpaired) electrons. The van der Waals surface area contributed by atoms with Crippen LogP contribution in [0.15, 0.2) is 36.9 Å². The SMILES string of the molecule is C=CCN1CCCN(C(=O)Cc2ccc(OC)cc2)CC1. The quantitative estimate of drug-likeness (QED) is 0.777. The summed E-state index contributed by atoms with van der Waals surface area (Å²) in [4.78, 5) is 16.7. The highest BCUT2D eigenvalue weighted by molar-refractivity contribution is 5.78. The topological polar surface area (TPSA) is 32.8 Å². The molecule has 0 aromatic heterocycles. The van der Waals surface area contributed by atoms with E-state index in [1.54, 1.807) is 7.11 Å². The zero-order valence-corrected chi connectivity index (χ0v) is 12.8. The standard InChI is InChI=1S/C17H24N2O2/c1-3-9-18-10-4-11-19(13-12-18)17(20)14-15-5-7-16(21-2)8-6-15/h3,5-8H,1,4,9-14H2,2H3. The monoisotopic (exact) mass is 288 g/mol. The minimum Gasteiger partial charge on any atom is -0.497 e. The Morgan fingerprint density at radius 1 is 1.24 bits per heavy atom. The molecule has 1 fully saturated rings. The lowest BCUT2D eigenvalue weighted by molar-refractivity contribution is -0.130. The third-order valence-corrected chi connectivity index (χ3v) is 3.84. The highest BCUT2D eigenvalue weighted by atomic mass is 16.5. The maximum atomic E-state index is 12.4. The van der Waals surface area contributed by atoms with Crippen molar-refractivity contribution in [1.82, 2.24) is 9.80 Å². The van der Waals surface area contributed by atoms with Gasteiger partial charge in [0.2, 0.25) is 5.91 Å². The summed E-state index contributed by atoms with van der Waals surface area (Å²) in [7, 11) is 1.65. The van der Waals surface area contributed by atoms with Crippen LogP contribution in [0.2, 0.25) is 0 Å². The van der Waals surface area contributed by atoms with Gasteiger partial charge in [-0.15, -0.1) is 6.58 Å². The Kier molecular flexibility index (Phi) is 5.81. The van der Waals surface area contributed by atoms with E-state index in [9.17, 15) is 4.79 Å². The van der Waals surface area contributed by atoms with Crippen LogP contribution in [0.5, 0.6) is 5.75 Å². The lowest BCUT2D eigenvalue weighted by Crippen LogP contribution is -2.36. The number of methoxy groups -OCH3 is 1. The van der Waals surface area contributed by atoms with Gasteiger partial charge in [0.15, 0.2) is 0 Å². The predicted octanol–water partition coefficient (Wildman–Crippen LogP) is 1.96. The van der Waals surface area contributed by atoms with Crippen molar-refractivity contribution in [3.05, 3.63) is 42.5 Å². The van der Waals surface area contributed by atoms with Gasteiger partial charge in [0, 0.05) is 32.7 Å². The van der Waals surface area contributed by atoms with E-state index in [0.29, 0.717) is 6.42 Å². The van der Waals surface area contributed by atoms with E-state index in [4.69, 9.17) is 4.74 Å². The van der Waals surface area contributed by atoms with E-state index in [1.165, 1.54) is 0 Å². The Balaban J connectivity index is 1.88. The Hall–Kier alpha value is -1.81. The number of benzene rings is 1. The van der Waals surface area contributed by atoms with Gasteiger partial charge in [-0.3, -0.25) is 9.69 Å². The molecule has 4 heteroatoms. The molecular formula is C17H24N2O2. The third kappa shape index (κ3) is 4.60. The second-order valence-corrected chi connectivity index (χ2v) is 5.35. The van der Waals surface area contributed by atoms with Crippen LogP contribution in [-0.2, 0) is 11.2 Å². The smallest absolute Gasteiger partial charge is 0.227 e. The Labute approximate surface area is 127 Å². The van der Waals surface area contributed by atoms with E-state index >= 15 is 0 Å². The summed E-state index contributed by atoms with van der Waals surface area (Å²) in [5.41, 5.74) is 1.04. The fraction of sp³-hybridized carbons (Fsp3) is 0.471. The molecule has 0 unspecified atom stereocenters. The molecule has 114 valence electrons. The molecule has 0 bridgehead atoms. The molecule has 1 heterocycles. The largest absolute Gasteiger partial charge is 0.497 e. The number of rotatable bonds is 5. The van der Waals surface area contributed by atoms with Crippen LogP contribution in [0, 0.1) is 0 Å². The van der Waals surface area contributed by atoms with Gasteiger partial charge in [0.1, 0.15) is 5.75 Å². The third-order valence-electron chi connectivity index (χ3n) is 3.84. The van der Waals surface area contributed by atoms with Crippen molar-refractivity contribution < 1.29 is 9.53 Å². The van der Waals surface area contributed by atoms with Crippen molar-refractivity contribution in [3.63, 3.8) is 0 Å². The minimum absolute atomic E-state index is 0.209. The van der Waals surface area contributed by atoms with Crippen LogP contribution in [0.25, 0.3) is 0 Å². The molecular weight excluding hydrogens is 264 g/mol. The lowest BCUT2D eigenvalue weighted by atomic mass is 10.1. The van der Waals surface area contributed by atoms with Crippen LogP contribution in [0.4, 0.5) is 0 Å². The zero-order chi connectivity index (χ0) is 15.1. The number of carbonyl (C=O) groups is 1. The summed E-state index contributed by atoms with van der Waals surface area (Å²) < 4.78 is 5.13. The van der Waals surface area contributed by atoms with Crippen LogP contribution >= 0.6 is 0 Å². The van der Waals surface area contributed by atoms with Gasteiger partial charge in [-0.2, -0.15) is 0 Å². The minimum atomic E-state index is 0.209. The molecule has 0 spiro atoms. The van der Waals surface area contributed by atoms with Gasteiger partial charge in [-0.05, 0) is 24.1 Å². The highest BCUT2D eigenvalue weighted by Crippen LogP contribution is 2.13. The van der Waals surface area contributed by atoms with Gasteiger partial charge in [0.05, 0.1) is 13.5 Å². The molecule has 1 amide bonds. The zero-order valence-electron chi connectivity index (χ0n) is 12.8. The van der Waals surface area contributed by atoms with Crippen molar-refractivity contribution in [2.45, 2.75) is 12.8 Å². The lowest BCUT2D eigenvalue weighted by Gasteiger charge is -2.21. The van der Waals surface area contributed by atoms with Crippen molar-refractivity contribution >= 4 is 5.91 Å². The number of amides is 1. The highest BCUT2D eigenvalue weighted by Gasteiger charge is 2.18. The average Bonchev–Trinajstić information content (AvgIpc) is 2.74. The molecule has 2 rings (SSSR count). The Bertz CT molecular complexity index is 470. The first-order chi connectivity index (χ1) is 10.2. The van der Waals surface area contributed by atoms with E-state index in [1.807, 2.05) is 35.2 Å². The molecule has 4 nitrogen and oxygen atoms in total. The normalized spacial score (nSPS) is 16.3. The van der Waals surface area contributed by atoms with Gasteiger partial charge in [0.25, 0.3) is 0 Å². The second kappa shape index (κ2) is 7.84.